The molecule has 1 aliphatic heterocycles. The van der Waals surface area contributed by atoms with E-state index in [0.717, 1.165) is 18.3 Å². The maximum absolute atomic E-state index is 13.7. The minimum atomic E-state index is -1.21. The monoisotopic (exact) mass is 401 g/mol. The summed E-state index contributed by atoms with van der Waals surface area (Å²) in [6.07, 6.45) is 4.39. The maximum Gasteiger partial charge on any atom is 0.189 e. The Morgan fingerprint density at radius 3 is 2.81 bits per heavy atom. The Morgan fingerprint density at radius 2 is 2.04 bits per heavy atom. The second-order valence-corrected chi connectivity index (χ2v) is 7.47. The number of anilines is 1. The maximum atomic E-state index is 13.7. The van der Waals surface area contributed by atoms with E-state index < -0.39 is 17.5 Å². The minimum absolute atomic E-state index is 0.00969. The van der Waals surface area contributed by atoms with Gasteiger partial charge in [-0.3, -0.25) is 0 Å². The Labute approximate surface area is 159 Å². The van der Waals surface area contributed by atoms with Gasteiger partial charge < -0.3 is 9.64 Å². The Kier molecular flexibility index (Phi) is 6.31. The van der Waals surface area contributed by atoms with Gasteiger partial charge in [0.2, 0.25) is 0 Å². The van der Waals surface area contributed by atoms with Gasteiger partial charge in [-0.1, -0.05) is 11.8 Å². The number of hydrogen-bond acceptors (Lipinski definition) is 6. The molecule has 0 saturated carbocycles. The van der Waals surface area contributed by atoms with Crippen molar-refractivity contribution in [1.82, 2.24) is 9.97 Å². The Morgan fingerprint density at radius 1 is 1.27 bits per heavy atom. The number of benzene rings is 1. The molecule has 0 bridgehead atoms. The van der Waals surface area contributed by atoms with E-state index >= 15 is 0 Å². The first-order valence-corrected chi connectivity index (χ1v) is 9.75. The van der Waals surface area contributed by atoms with Gasteiger partial charge in [-0.25, -0.2) is 23.1 Å². The zero-order chi connectivity index (χ0) is 18.7. The van der Waals surface area contributed by atoms with Crippen molar-refractivity contribution in [2.45, 2.75) is 29.5 Å². The number of rotatable bonds is 6. The van der Waals surface area contributed by atoms with Crippen molar-refractivity contribution in [3.8, 4) is 0 Å². The average molecular weight is 401 g/mol. The molecule has 9 heteroatoms. The van der Waals surface area contributed by atoms with Crippen LogP contribution >= 0.6 is 24.4 Å². The summed E-state index contributed by atoms with van der Waals surface area (Å²) >= 11 is 6.00. The van der Waals surface area contributed by atoms with Crippen LogP contribution in [0.4, 0.5) is 19.0 Å². The molecule has 3 rings (SSSR count). The summed E-state index contributed by atoms with van der Waals surface area (Å²) in [5.41, 5.74) is -0.0115. The molecule has 140 valence electrons. The van der Waals surface area contributed by atoms with E-state index in [0.29, 0.717) is 24.4 Å². The second kappa shape index (κ2) is 8.49. The molecule has 2 heterocycles. The number of thiol groups is 1. The van der Waals surface area contributed by atoms with Gasteiger partial charge in [-0.2, -0.15) is 12.6 Å². The van der Waals surface area contributed by atoms with Gasteiger partial charge in [0.1, 0.15) is 11.6 Å². The molecular weight excluding hydrogens is 383 g/mol. The van der Waals surface area contributed by atoms with Crippen LogP contribution in [0.5, 0.6) is 0 Å². The second-order valence-electron chi connectivity index (χ2n) is 5.97. The first-order chi connectivity index (χ1) is 12.5. The smallest absolute Gasteiger partial charge is 0.189 e. The van der Waals surface area contributed by atoms with Crippen LogP contribution in [0.2, 0.25) is 0 Å². The van der Waals surface area contributed by atoms with Crippen LogP contribution in [-0.4, -0.2) is 40.7 Å². The molecule has 1 aliphatic rings. The van der Waals surface area contributed by atoms with E-state index in [1.165, 1.54) is 11.8 Å². The first kappa shape index (κ1) is 19.3. The average Bonchev–Trinajstić information content (AvgIpc) is 3.00. The number of aromatic nitrogens is 2. The topological polar surface area (TPSA) is 38.2 Å². The van der Waals surface area contributed by atoms with E-state index in [-0.39, 0.29) is 23.5 Å². The van der Waals surface area contributed by atoms with Crippen molar-refractivity contribution >= 4 is 30.2 Å². The van der Waals surface area contributed by atoms with Crippen LogP contribution in [0.1, 0.15) is 12.0 Å². The molecule has 0 spiro atoms. The Balaban J connectivity index is 1.65. The van der Waals surface area contributed by atoms with E-state index in [9.17, 15) is 13.2 Å². The fraction of sp³-hybridized carbons (Fsp3) is 0.412. The quantitative estimate of drug-likeness (QED) is 0.346. The summed E-state index contributed by atoms with van der Waals surface area (Å²) in [6.45, 7) is 0.875. The number of ether oxygens (including phenoxy) is 1. The lowest BCUT2D eigenvalue weighted by atomic mass is 10.2. The van der Waals surface area contributed by atoms with E-state index in [1.54, 1.807) is 6.20 Å². The summed E-state index contributed by atoms with van der Waals surface area (Å²) in [6, 6.07) is 3.20. The number of nitrogens with zero attached hydrogens (tertiary/aromatic N) is 3. The Hall–Kier alpha value is -1.45. The first-order valence-electron chi connectivity index (χ1n) is 8.01. The van der Waals surface area contributed by atoms with Crippen LogP contribution in [-0.2, 0) is 11.3 Å². The summed E-state index contributed by atoms with van der Waals surface area (Å²) in [5.74, 6) is -2.33. The van der Waals surface area contributed by atoms with Crippen molar-refractivity contribution in [3.05, 3.63) is 47.4 Å². The summed E-state index contributed by atoms with van der Waals surface area (Å²) < 4.78 is 45.5. The van der Waals surface area contributed by atoms with Gasteiger partial charge >= 0.3 is 0 Å². The van der Waals surface area contributed by atoms with Crippen molar-refractivity contribution in [2.24, 2.45) is 0 Å². The van der Waals surface area contributed by atoms with Crippen LogP contribution < -0.4 is 4.90 Å². The van der Waals surface area contributed by atoms with Gasteiger partial charge in [0.05, 0.1) is 19.3 Å². The van der Waals surface area contributed by atoms with E-state index in [1.807, 2.05) is 12.3 Å². The highest BCUT2D eigenvalue weighted by Crippen LogP contribution is 2.28. The number of halogens is 3. The lowest BCUT2D eigenvalue weighted by Crippen LogP contribution is -2.34. The van der Waals surface area contributed by atoms with Crippen molar-refractivity contribution in [3.63, 3.8) is 0 Å². The third-order valence-corrected chi connectivity index (χ3v) is 5.08. The third-order valence-electron chi connectivity index (χ3n) is 4.15. The van der Waals surface area contributed by atoms with Crippen molar-refractivity contribution < 1.29 is 17.9 Å². The zero-order valence-electron chi connectivity index (χ0n) is 14.0. The van der Waals surface area contributed by atoms with Crippen LogP contribution in [0.3, 0.4) is 0 Å². The number of hydrogen-bond donors (Lipinski definition) is 1. The van der Waals surface area contributed by atoms with Gasteiger partial charge in [0.25, 0.3) is 0 Å². The van der Waals surface area contributed by atoms with Crippen molar-refractivity contribution in [1.29, 1.82) is 0 Å². The molecule has 1 saturated heterocycles. The summed E-state index contributed by atoms with van der Waals surface area (Å²) in [5, 5.41) is 0.838. The molecule has 1 fully saturated rings. The molecule has 0 aliphatic carbocycles. The predicted molar refractivity (Wildman–Crippen MR) is 98.3 cm³/mol. The fourth-order valence-electron chi connectivity index (χ4n) is 2.90. The molecule has 0 unspecified atom stereocenters. The molecule has 2 aromatic rings. The van der Waals surface area contributed by atoms with Crippen LogP contribution in [0.25, 0.3) is 0 Å². The van der Waals surface area contributed by atoms with E-state index in [4.69, 9.17) is 4.74 Å². The predicted octanol–water partition coefficient (Wildman–Crippen LogP) is 3.71. The van der Waals surface area contributed by atoms with Gasteiger partial charge in [0.15, 0.2) is 16.8 Å². The van der Waals surface area contributed by atoms with Crippen molar-refractivity contribution in [2.75, 3.05) is 24.3 Å². The molecular formula is C17H18F3N3OS2. The van der Waals surface area contributed by atoms with Gasteiger partial charge in [-0.15, -0.1) is 0 Å². The molecule has 1 aromatic carbocycles. The zero-order valence-corrected chi connectivity index (χ0v) is 15.7. The third kappa shape index (κ3) is 4.44. The highest BCUT2D eigenvalue weighted by Gasteiger charge is 2.31. The number of thioether (sulfide) groups is 1. The molecule has 0 amide bonds. The molecule has 4 nitrogen and oxygen atoms in total. The van der Waals surface area contributed by atoms with Gasteiger partial charge in [0, 0.05) is 29.6 Å². The molecule has 26 heavy (non-hydrogen) atoms. The lowest BCUT2D eigenvalue weighted by Gasteiger charge is -2.25. The highest BCUT2D eigenvalue weighted by molar-refractivity contribution is 7.98. The lowest BCUT2D eigenvalue weighted by molar-refractivity contribution is 0.106. The van der Waals surface area contributed by atoms with Crippen LogP contribution in [0, 0.1) is 17.5 Å². The standard InChI is InChI=1S/C17H18F3N3OS2/c1-26-17-21-3-2-16(22-17)23-7-12(25)5-11(23)9-24-8-10-4-14(19)15(20)6-13(10)18/h2-4,6,11-12,25H,5,7-9H2,1H3/t11-,12+/m0/s1. The summed E-state index contributed by atoms with van der Waals surface area (Å²) in [4.78, 5) is 10.7. The highest BCUT2D eigenvalue weighted by atomic mass is 32.2. The largest absolute Gasteiger partial charge is 0.375 e. The Bertz CT molecular complexity index is 781. The molecule has 0 radical (unpaired) electrons. The minimum Gasteiger partial charge on any atom is -0.375 e. The molecule has 1 aromatic heterocycles. The van der Waals surface area contributed by atoms with Crippen LogP contribution in [0.15, 0.2) is 29.6 Å². The summed E-state index contributed by atoms with van der Waals surface area (Å²) in [7, 11) is 0. The normalized spacial score (nSPS) is 20.0. The van der Waals surface area contributed by atoms with E-state index in [2.05, 4.69) is 27.5 Å². The molecule has 0 N–H and O–H groups in total. The molecule has 2 atom stereocenters. The fourth-order valence-corrected chi connectivity index (χ4v) is 3.67. The SMILES string of the molecule is CSc1nccc(N2C[C@H](S)C[C@H]2COCc2cc(F)c(F)cc2F)n1. The van der Waals surface area contributed by atoms with Gasteiger partial charge in [-0.05, 0) is 24.8 Å².